The van der Waals surface area contributed by atoms with Gasteiger partial charge in [-0.2, -0.15) is 0 Å². The van der Waals surface area contributed by atoms with Crippen molar-refractivity contribution in [2.75, 3.05) is 6.54 Å². The standard InChI is InChI=1S/C15H24N2O4/c1-2-11(8-14(19)20)16-15(21)10-7-13(18)17(9-10)12-5-3-4-6-12/h10-12H,2-9H2,1H3,(H,16,21)(H,19,20). The van der Waals surface area contributed by atoms with E-state index < -0.39 is 5.97 Å². The largest absolute Gasteiger partial charge is 0.481 e. The second-order valence-corrected chi connectivity index (χ2v) is 6.10. The fourth-order valence-electron chi connectivity index (χ4n) is 3.30. The summed E-state index contributed by atoms with van der Waals surface area (Å²) in [5, 5.41) is 11.6. The maximum atomic E-state index is 12.2. The maximum Gasteiger partial charge on any atom is 0.305 e. The fraction of sp³-hybridized carbons (Fsp3) is 0.800. The van der Waals surface area contributed by atoms with E-state index in [1.165, 1.54) is 0 Å². The summed E-state index contributed by atoms with van der Waals surface area (Å²) in [5.41, 5.74) is 0. The highest BCUT2D eigenvalue weighted by Crippen LogP contribution is 2.29. The van der Waals surface area contributed by atoms with Gasteiger partial charge in [0.15, 0.2) is 0 Å². The highest BCUT2D eigenvalue weighted by molar-refractivity contribution is 5.89. The lowest BCUT2D eigenvalue weighted by molar-refractivity contribution is -0.138. The van der Waals surface area contributed by atoms with Gasteiger partial charge < -0.3 is 15.3 Å². The molecule has 0 bridgehead atoms. The molecule has 2 aliphatic rings. The van der Waals surface area contributed by atoms with Crippen LogP contribution in [-0.4, -0.2) is 46.4 Å². The van der Waals surface area contributed by atoms with Crippen LogP contribution < -0.4 is 5.32 Å². The number of hydrogen-bond donors (Lipinski definition) is 2. The first-order valence-electron chi connectivity index (χ1n) is 7.83. The Morgan fingerprint density at radius 2 is 2.05 bits per heavy atom. The average molecular weight is 296 g/mol. The molecule has 1 saturated carbocycles. The Labute approximate surface area is 124 Å². The van der Waals surface area contributed by atoms with Crippen molar-refractivity contribution in [3.63, 3.8) is 0 Å². The van der Waals surface area contributed by atoms with E-state index in [1.54, 1.807) is 0 Å². The molecular weight excluding hydrogens is 272 g/mol. The molecule has 0 spiro atoms. The Balaban J connectivity index is 1.88. The van der Waals surface area contributed by atoms with E-state index in [0.717, 1.165) is 25.7 Å². The van der Waals surface area contributed by atoms with Crippen molar-refractivity contribution >= 4 is 17.8 Å². The molecule has 2 rings (SSSR count). The quantitative estimate of drug-likeness (QED) is 0.769. The van der Waals surface area contributed by atoms with Crippen LogP contribution in [0.5, 0.6) is 0 Å². The predicted octanol–water partition coefficient (Wildman–Crippen LogP) is 1.15. The number of carbonyl (C=O) groups is 3. The van der Waals surface area contributed by atoms with Gasteiger partial charge in [-0.1, -0.05) is 19.8 Å². The molecule has 0 aromatic rings. The molecule has 2 N–H and O–H groups in total. The van der Waals surface area contributed by atoms with Crippen molar-refractivity contribution in [2.45, 2.75) is 64.0 Å². The van der Waals surface area contributed by atoms with E-state index in [2.05, 4.69) is 5.32 Å². The van der Waals surface area contributed by atoms with Gasteiger partial charge in [0, 0.05) is 25.0 Å². The molecule has 6 nitrogen and oxygen atoms in total. The van der Waals surface area contributed by atoms with Gasteiger partial charge in [-0.05, 0) is 19.3 Å². The minimum atomic E-state index is -0.919. The van der Waals surface area contributed by atoms with Crippen molar-refractivity contribution in [2.24, 2.45) is 5.92 Å². The molecule has 118 valence electrons. The predicted molar refractivity (Wildman–Crippen MR) is 76.6 cm³/mol. The van der Waals surface area contributed by atoms with Gasteiger partial charge in [-0.3, -0.25) is 14.4 Å². The lowest BCUT2D eigenvalue weighted by atomic mass is 10.1. The summed E-state index contributed by atoms with van der Waals surface area (Å²) in [6.07, 6.45) is 5.14. The summed E-state index contributed by atoms with van der Waals surface area (Å²) >= 11 is 0. The zero-order valence-electron chi connectivity index (χ0n) is 12.5. The highest BCUT2D eigenvalue weighted by atomic mass is 16.4. The molecule has 2 atom stereocenters. The molecule has 1 heterocycles. The van der Waals surface area contributed by atoms with E-state index in [4.69, 9.17) is 5.11 Å². The molecule has 6 heteroatoms. The van der Waals surface area contributed by atoms with Crippen LogP contribution in [0.2, 0.25) is 0 Å². The molecule has 1 aliphatic heterocycles. The average Bonchev–Trinajstić information content (AvgIpc) is 3.06. The number of rotatable bonds is 6. The lowest BCUT2D eigenvalue weighted by Crippen LogP contribution is -2.41. The first-order valence-corrected chi connectivity index (χ1v) is 7.83. The number of carboxylic acid groups (broad SMARTS) is 1. The third-order valence-electron chi connectivity index (χ3n) is 4.55. The number of nitrogens with one attached hydrogen (secondary N) is 1. The first kappa shape index (κ1) is 15.8. The molecule has 2 fully saturated rings. The van der Waals surface area contributed by atoms with Gasteiger partial charge in [0.05, 0.1) is 12.3 Å². The number of amides is 2. The molecule has 21 heavy (non-hydrogen) atoms. The summed E-state index contributed by atoms with van der Waals surface area (Å²) in [5.74, 6) is -1.37. The van der Waals surface area contributed by atoms with Gasteiger partial charge >= 0.3 is 5.97 Å². The van der Waals surface area contributed by atoms with Gasteiger partial charge in [0.1, 0.15) is 0 Å². The summed E-state index contributed by atoms with van der Waals surface area (Å²) in [6.45, 7) is 2.33. The Kier molecular flexibility index (Phi) is 5.20. The van der Waals surface area contributed by atoms with Gasteiger partial charge in [0.25, 0.3) is 0 Å². The zero-order chi connectivity index (χ0) is 15.4. The topological polar surface area (TPSA) is 86.7 Å². The van der Waals surface area contributed by atoms with Crippen molar-refractivity contribution in [1.82, 2.24) is 10.2 Å². The SMILES string of the molecule is CCC(CC(=O)O)NC(=O)C1CC(=O)N(C2CCCC2)C1. The van der Waals surface area contributed by atoms with E-state index in [-0.39, 0.29) is 36.6 Å². The second-order valence-electron chi connectivity index (χ2n) is 6.10. The van der Waals surface area contributed by atoms with Crippen LogP contribution in [0, 0.1) is 5.92 Å². The van der Waals surface area contributed by atoms with Crippen LogP contribution in [0.3, 0.4) is 0 Å². The third kappa shape index (κ3) is 3.95. The minimum absolute atomic E-state index is 0.0633. The maximum absolute atomic E-state index is 12.2. The van der Waals surface area contributed by atoms with E-state index >= 15 is 0 Å². The smallest absolute Gasteiger partial charge is 0.305 e. The van der Waals surface area contributed by atoms with Gasteiger partial charge in [0.2, 0.25) is 11.8 Å². The highest BCUT2D eigenvalue weighted by Gasteiger charge is 2.38. The summed E-state index contributed by atoms with van der Waals surface area (Å²) in [7, 11) is 0. The molecule has 0 aromatic heterocycles. The zero-order valence-corrected chi connectivity index (χ0v) is 12.5. The molecule has 0 radical (unpaired) electrons. The number of carboxylic acids is 1. The molecule has 1 aliphatic carbocycles. The summed E-state index contributed by atoms with van der Waals surface area (Å²) < 4.78 is 0. The number of hydrogen-bond acceptors (Lipinski definition) is 3. The molecule has 0 aromatic carbocycles. The fourth-order valence-corrected chi connectivity index (χ4v) is 3.30. The number of aliphatic carboxylic acids is 1. The van der Waals surface area contributed by atoms with E-state index in [0.29, 0.717) is 19.0 Å². The van der Waals surface area contributed by atoms with Crippen LogP contribution in [0.25, 0.3) is 0 Å². The van der Waals surface area contributed by atoms with E-state index in [9.17, 15) is 14.4 Å². The number of carbonyl (C=O) groups excluding carboxylic acids is 2. The minimum Gasteiger partial charge on any atom is -0.481 e. The second kappa shape index (κ2) is 6.91. The van der Waals surface area contributed by atoms with E-state index in [1.807, 2.05) is 11.8 Å². The van der Waals surface area contributed by atoms with Crippen LogP contribution in [0.4, 0.5) is 0 Å². The number of nitrogens with zero attached hydrogens (tertiary/aromatic N) is 1. The molecule has 1 saturated heterocycles. The summed E-state index contributed by atoms with van der Waals surface area (Å²) in [4.78, 5) is 36.9. The Morgan fingerprint density at radius 1 is 1.38 bits per heavy atom. The van der Waals surface area contributed by atoms with Crippen molar-refractivity contribution in [3.05, 3.63) is 0 Å². The summed E-state index contributed by atoms with van der Waals surface area (Å²) in [6, 6.07) is -0.0538. The number of likely N-dealkylation sites (tertiary alicyclic amines) is 1. The molecular formula is C15H24N2O4. The Bertz CT molecular complexity index is 418. The van der Waals surface area contributed by atoms with Crippen molar-refractivity contribution < 1.29 is 19.5 Å². The monoisotopic (exact) mass is 296 g/mol. The van der Waals surface area contributed by atoms with Gasteiger partial charge in [-0.15, -0.1) is 0 Å². The van der Waals surface area contributed by atoms with Crippen molar-refractivity contribution in [3.8, 4) is 0 Å². The van der Waals surface area contributed by atoms with Crippen LogP contribution in [-0.2, 0) is 14.4 Å². The molecule has 2 unspecified atom stereocenters. The normalized spacial score (nSPS) is 24.3. The molecule has 2 amide bonds. The van der Waals surface area contributed by atoms with Crippen LogP contribution in [0.1, 0.15) is 51.9 Å². The lowest BCUT2D eigenvalue weighted by Gasteiger charge is -2.24. The van der Waals surface area contributed by atoms with Crippen molar-refractivity contribution in [1.29, 1.82) is 0 Å². The van der Waals surface area contributed by atoms with Crippen LogP contribution >= 0.6 is 0 Å². The first-order chi connectivity index (χ1) is 10.0. The Hall–Kier alpha value is -1.59. The van der Waals surface area contributed by atoms with Crippen LogP contribution in [0.15, 0.2) is 0 Å². The van der Waals surface area contributed by atoms with Gasteiger partial charge in [-0.25, -0.2) is 0 Å². The third-order valence-corrected chi connectivity index (χ3v) is 4.55. The Morgan fingerprint density at radius 3 is 2.62 bits per heavy atom.